The third-order valence-corrected chi connectivity index (χ3v) is 5.12. The second kappa shape index (κ2) is 12.0. The zero-order valence-electron chi connectivity index (χ0n) is 18.5. The molecule has 0 saturated carbocycles. The van der Waals surface area contributed by atoms with Gasteiger partial charge in [-0.1, -0.05) is 47.5 Å². The van der Waals surface area contributed by atoms with Crippen LogP contribution in [0.2, 0.25) is 5.02 Å². The van der Waals surface area contributed by atoms with Crippen LogP contribution in [0.3, 0.4) is 0 Å². The highest BCUT2D eigenvalue weighted by Crippen LogP contribution is 2.25. The number of Topliss-reactive ketones (excluding diaryl/α,β-unsaturated/α-hetero) is 1. The first-order valence-electron chi connectivity index (χ1n) is 10.1. The van der Waals surface area contributed by atoms with Gasteiger partial charge in [-0.25, -0.2) is 4.98 Å². The predicted molar refractivity (Wildman–Crippen MR) is 128 cm³/mol. The van der Waals surface area contributed by atoms with E-state index in [9.17, 15) is 9.90 Å². The number of hydrogen-bond acceptors (Lipinski definition) is 3. The van der Waals surface area contributed by atoms with E-state index in [2.05, 4.69) is 44.0 Å². The predicted octanol–water partition coefficient (Wildman–Crippen LogP) is 6.13. The fourth-order valence-corrected chi connectivity index (χ4v) is 3.13. The number of aryl methyl sites for hydroxylation is 3. The molecule has 3 rings (SSSR count). The van der Waals surface area contributed by atoms with Gasteiger partial charge in [0.2, 0.25) is 0 Å². The second-order valence-corrected chi connectivity index (χ2v) is 7.68. The van der Waals surface area contributed by atoms with Crippen molar-refractivity contribution in [3.8, 4) is 11.4 Å². The van der Waals surface area contributed by atoms with Crippen molar-refractivity contribution >= 4 is 17.4 Å². The molecule has 0 atom stereocenters. The standard InChI is InChI=1S/C17H17ClN2O2.C9H12/c1-13(22)14-5-4-9-19-17(20(10-8-14)11-12-21)15-6-2-3-7-16(15)18;1-7-4-5-8(2)9(3)6-7/h2-10,21H,11-12H2,1H3;4-6H,1-3H3. The summed E-state index contributed by atoms with van der Waals surface area (Å²) in [7, 11) is 0. The molecule has 0 fully saturated rings. The van der Waals surface area contributed by atoms with Crippen LogP contribution >= 0.6 is 11.6 Å². The van der Waals surface area contributed by atoms with E-state index in [0.29, 0.717) is 23.0 Å². The lowest BCUT2D eigenvalue weighted by Crippen LogP contribution is -2.06. The molecule has 3 aromatic rings. The van der Waals surface area contributed by atoms with Gasteiger partial charge in [0.25, 0.3) is 0 Å². The zero-order chi connectivity index (χ0) is 22.8. The molecular formula is C26H29ClN2O2. The Bertz CT molecular complexity index is 1090. The molecule has 0 radical (unpaired) electrons. The van der Waals surface area contributed by atoms with E-state index in [1.807, 2.05) is 18.2 Å². The van der Waals surface area contributed by atoms with Crippen LogP contribution in [-0.2, 0) is 6.54 Å². The first kappa shape index (κ1) is 24.3. The van der Waals surface area contributed by atoms with Gasteiger partial charge in [0.05, 0.1) is 11.6 Å². The molecule has 162 valence electrons. The number of carbonyl (C=O) groups is 1. The average molecular weight is 437 g/mol. The van der Waals surface area contributed by atoms with Crippen molar-refractivity contribution in [1.29, 1.82) is 0 Å². The Hall–Kier alpha value is -2.95. The van der Waals surface area contributed by atoms with Crippen LogP contribution in [0.4, 0.5) is 0 Å². The number of hydrogen-bond donors (Lipinski definition) is 1. The molecule has 1 N–H and O–H groups in total. The molecule has 0 amide bonds. The van der Waals surface area contributed by atoms with Gasteiger partial charge in [0.1, 0.15) is 5.82 Å². The summed E-state index contributed by atoms with van der Waals surface area (Å²) in [5.41, 5.74) is 5.43. The number of ketones is 1. The monoisotopic (exact) mass is 436 g/mol. The third-order valence-electron chi connectivity index (χ3n) is 4.79. The van der Waals surface area contributed by atoms with Gasteiger partial charge in [0, 0.05) is 30.1 Å². The number of rotatable bonds is 4. The molecule has 0 saturated heterocycles. The molecule has 2 aromatic carbocycles. The van der Waals surface area contributed by atoms with Gasteiger partial charge in [-0.15, -0.1) is 0 Å². The molecule has 4 nitrogen and oxygen atoms in total. The largest absolute Gasteiger partial charge is 0.395 e. The number of aromatic nitrogens is 2. The molecule has 1 heterocycles. The summed E-state index contributed by atoms with van der Waals surface area (Å²) in [6.07, 6.45) is 3.34. The average Bonchev–Trinajstić information content (AvgIpc) is 2.83. The minimum Gasteiger partial charge on any atom is -0.395 e. The lowest BCUT2D eigenvalue weighted by molar-refractivity contribution is 0.101. The number of benzene rings is 2. The van der Waals surface area contributed by atoms with E-state index in [0.717, 1.165) is 5.56 Å². The number of carbonyl (C=O) groups excluding carboxylic acids is 1. The highest BCUT2D eigenvalue weighted by atomic mass is 35.5. The van der Waals surface area contributed by atoms with Gasteiger partial charge in [-0.05, 0) is 69.2 Å². The number of halogens is 1. The van der Waals surface area contributed by atoms with Gasteiger partial charge in [0.15, 0.2) is 5.78 Å². The number of nitrogens with zero attached hydrogens (tertiary/aromatic N) is 2. The minimum atomic E-state index is -0.0450. The summed E-state index contributed by atoms with van der Waals surface area (Å²) in [6.45, 7) is 8.20. The Kier molecular flexibility index (Phi) is 9.44. The Labute approximate surface area is 189 Å². The Balaban J connectivity index is 0.000000316. The first-order chi connectivity index (χ1) is 14.8. The quantitative estimate of drug-likeness (QED) is 0.500. The summed E-state index contributed by atoms with van der Waals surface area (Å²) in [4.78, 5) is 16.0. The summed E-state index contributed by atoms with van der Waals surface area (Å²) < 4.78 is 1.77. The number of aliphatic hydroxyl groups excluding tert-OH is 1. The molecule has 0 spiro atoms. The Morgan fingerprint density at radius 2 is 1.74 bits per heavy atom. The first-order valence-corrected chi connectivity index (χ1v) is 10.5. The molecule has 5 heteroatoms. The van der Waals surface area contributed by atoms with Gasteiger partial charge in [-0.2, -0.15) is 0 Å². The van der Waals surface area contributed by atoms with E-state index in [1.165, 1.54) is 23.6 Å². The second-order valence-electron chi connectivity index (χ2n) is 7.27. The lowest BCUT2D eigenvalue weighted by Gasteiger charge is -2.10. The highest BCUT2D eigenvalue weighted by molar-refractivity contribution is 6.33. The van der Waals surface area contributed by atoms with Crippen molar-refractivity contribution in [1.82, 2.24) is 9.55 Å². The molecular weight excluding hydrogens is 408 g/mol. The Morgan fingerprint density at radius 3 is 2.35 bits per heavy atom. The molecule has 0 unspecified atom stereocenters. The van der Waals surface area contributed by atoms with Gasteiger partial charge < -0.3 is 9.67 Å². The number of aliphatic hydroxyl groups is 1. The lowest BCUT2D eigenvalue weighted by atomic mass is 10.1. The van der Waals surface area contributed by atoms with Crippen LogP contribution in [0.1, 0.15) is 34.0 Å². The van der Waals surface area contributed by atoms with E-state index in [4.69, 9.17) is 11.6 Å². The molecule has 31 heavy (non-hydrogen) atoms. The van der Waals surface area contributed by atoms with E-state index >= 15 is 0 Å². The maximum Gasteiger partial charge on any atom is 0.159 e. The molecule has 1 aromatic heterocycles. The summed E-state index contributed by atoms with van der Waals surface area (Å²) >= 11 is 6.25. The topological polar surface area (TPSA) is 55.1 Å². The van der Waals surface area contributed by atoms with E-state index < -0.39 is 0 Å². The van der Waals surface area contributed by atoms with Crippen LogP contribution in [0.5, 0.6) is 0 Å². The highest BCUT2D eigenvalue weighted by Gasteiger charge is 2.07. The van der Waals surface area contributed by atoms with E-state index in [1.54, 1.807) is 41.2 Å². The smallest absolute Gasteiger partial charge is 0.159 e. The van der Waals surface area contributed by atoms with Crippen LogP contribution in [0.25, 0.3) is 11.4 Å². The third kappa shape index (κ3) is 7.35. The van der Waals surface area contributed by atoms with Crippen molar-refractivity contribution < 1.29 is 9.90 Å². The van der Waals surface area contributed by atoms with Crippen molar-refractivity contribution in [3.63, 3.8) is 0 Å². The maximum atomic E-state index is 11.6. The van der Waals surface area contributed by atoms with Crippen molar-refractivity contribution in [2.45, 2.75) is 34.2 Å². The van der Waals surface area contributed by atoms with Crippen molar-refractivity contribution in [2.75, 3.05) is 6.61 Å². The summed E-state index contributed by atoms with van der Waals surface area (Å²) in [6, 6.07) is 19.0. The fourth-order valence-electron chi connectivity index (χ4n) is 2.91. The molecule has 0 aliphatic rings. The molecule has 0 aliphatic carbocycles. The van der Waals surface area contributed by atoms with Gasteiger partial charge in [-0.3, -0.25) is 4.79 Å². The minimum absolute atomic E-state index is 0.0361. The van der Waals surface area contributed by atoms with Crippen LogP contribution < -0.4 is 0 Å². The van der Waals surface area contributed by atoms with Crippen LogP contribution in [0, 0.1) is 20.8 Å². The summed E-state index contributed by atoms with van der Waals surface area (Å²) in [5, 5.41) is 9.87. The summed E-state index contributed by atoms with van der Waals surface area (Å²) in [5.74, 6) is 0.580. The SMILES string of the molecule is CC(=O)c1cccnc(-c2ccccc2Cl)n(CCO)cc1.Cc1ccc(C)c(C)c1. The van der Waals surface area contributed by atoms with Gasteiger partial charge >= 0.3 is 0 Å². The van der Waals surface area contributed by atoms with E-state index in [-0.39, 0.29) is 12.4 Å². The molecule has 0 bridgehead atoms. The normalized spacial score (nSPS) is 10.0. The molecule has 0 aliphatic heterocycles. The van der Waals surface area contributed by atoms with Crippen molar-refractivity contribution in [2.24, 2.45) is 0 Å². The van der Waals surface area contributed by atoms with Crippen LogP contribution in [-0.4, -0.2) is 27.0 Å². The van der Waals surface area contributed by atoms with Crippen LogP contribution in [0.15, 0.2) is 73.1 Å². The Morgan fingerprint density at radius 1 is 1.00 bits per heavy atom. The van der Waals surface area contributed by atoms with Crippen molar-refractivity contribution in [3.05, 3.63) is 100 Å². The fraction of sp³-hybridized carbons (Fsp3) is 0.231. The maximum absolute atomic E-state index is 11.6. The zero-order valence-corrected chi connectivity index (χ0v) is 19.2.